The van der Waals surface area contributed by atoms with E-state index in [1.807, 2.05) is 41.4 Å². The number of nitrogens with one attached hydrogen (secondary N) is 1. The minimum absolute atomic E-state index is 0.107. The van der Waals surface area contributed by atoms with Crippen LogP contribution < -0.4 is 4.72 Å². The van der Waals surface area contributed by atoms with Crippen molar-refractivity contribution in [2.75, 3.05) is 13.1 Å². The number of carbonyl (C=O) groups is 1. The van der Waals surface area contributed by atoms with Gasteiger partial charge in [0.25, 0.3) is 0 Å². The van der Waals surface area contributed by atoms with Crippen LogP contribution in [0.4, 0.5) is 0 Å². The molecule has 2 aromatic rings. The van der Waals surface area contributed by atoms with Crippen molar-refractivity contribution in [3.63, 3.8) is 0 Å². The molecule has 0 aliphatic heterocycles. The first-order chi connectivity index (χ1) is 22.1. The van der Waals surface area contributed by atoms with E-state index in [9.17, 15) is 26.7 Å². The molecule has 1 saturated carbocycles. The maximum absolute atomic E-state index is 12.8. The van der Waals surface area contributed by atoms with Gasteiger partial charge in [-0.2, -0.15) is 8.42 Å². The number of aliphatic carboxylic acids is 1. The summed E-state index contributed by atoms with van der Waals surface area (Å²) < 4.78 is 53.5. The molecule has 2 atom stereocenters. The van der Waals surface area contributed by atoms with Crippen molar-refractivity contribution in [2.24, 2.45) is 0 Å². The smallest absolute Gasteiger partial charge is 0.337 e. The van der Waals surface area contributed by atoms with Crippen LogP contribution in [0.25, 0.3) is 6.08 Å². The molecule has 1 fully saturated rings. The first-order valence-electron chi connectivity index (χ1n) is 15.0. The number of aromatic nitrogens is 1. The van der Waals surface area contributed by atoms with E-state index in [1.165, 1.54) is 36.8 Å². The van der Waals surface area contributed by atoms with Crippen LogP contribution in [0, 0.1) is 0 Å². The van der Waals surface area contributed by atoms with Crippen molar-refractivity contribution in [1.29, 1.82) is 0 Å². The van der Waals surface area contributed by atoms with Gasteiger partial charge in [-0.15, -0.1) is 11.3 Å². The summed E-state index contributed by atoms with van der Waals surface area (Å²) in [7, 11) is -6.57. The number of rotatable bonds is 13. The third-order valence-corrected chi connectivity index (χ3v) is 12.2. The van der Waals surface area contributed by atoms with E-state index in [4.69, 9.17) is 16.6 Å². The summed E-state index contributed by atoms with van der Waals surface area (Å²) in [5.41, 5.74) is 1.85. The van der Waals surface area contributed by atoms with Gasteiger partial charge < -0.3 is 5.11 Å². The van der Waals surface area contributed by atoms with Crippen molar-refractivity contribution in [2.45, 2.75) is 54.5 Å². The highest BCUT2D eigenvalue weighted by molar-refractivity contribution is 7.89. The van der Waals surface area contributed by atoms with E-state index in [-0.39, 0.29) is 21.9 Å². The SMILES string of the molecule is O=C(O)C1=CC=CC(N(CCCCNS(=O)(=O)c2ccc(Cl)cc2)C2(C=Cc3nc(C4CCC4)cs3)c3cccc2c3)C1=S(=O)=O. The van der Waals surface area contributed by atoms with Crippen LogP contribution in [0.5, 0.6) is 0 Å². The average molecular weight is 698 g/mol. The minimum Gasteiger partial charge on any atom is -0.478 e. The van der Waals surface area contributed by atoms with Crippen molar-refractivity contribution in [3.8, 4) is 0 Å². The second kappa shape index (κ2) is 13.4. The van der Waals surface area contributed by atoms with Crippen LogP contribution in [0.2, 0.25) is 5.02 Å². The zero-order valence-corrected chi connectivity index (χ0v) is 27.9. The lowest BCUT2D eigenvalue weighted by Crippen LogP contribution is -2.60. The van der Waals surface area contributed by atoms with Gasteiger partial charge in [-0.1, -0.05) is 60.6 Å². The molecule has 13 heteroatoms. The number of hydrogen-bond acceptors (Lipinski definition) is 8. The van der Waals surface area contributed by atoms with Gasteiger partial charge in [-0.25, -0.2) is 22.9 Å². The third-order valence-electron chi connectivity index (χ3n) is 8.80. The summed E-state index contributed by atoms with van der Waals surface area (Å²) >= 11 is 7.47. The van der Waals surface area contributed by atoms with E-state index in [1.54, 1.807) is 23.5 Å². The molecule has 9 nitrogen and oxygen atoms in total. The lowest BCUT2D eigenvalue weighted by molar-refractivity contribution is -0.132. The number of thiazole rings is 1. The number of nitrogens with zero attached hydrogens (tertiary/aromatic N) is 2. The Balaban J connectivity index is 1.29. The second-order valence-electron chi connectivity index (χ2n) is 11.5. The molecule has 0 radical (unpaired) electrons. The topological polar surface area (TPSA) is 134 Å². The van der Waals surface area contributed by atoms with E-state index in [0.29, 0.717) is 30.3 Å². The van der Waals surface area contributed by atoms with Crippen LogP contribution in [0.15, 0.2) is 99.9 Å². The zero-order chi connectivity index (χ0) is 32.5. The largest absolute Gasteiger partial charge is 0.478 e. The molecule has 0 spiro atoms. The van der Waals surface area contributed by atoms with Crippen LogP contribution in [-0.4, -0.2) is 67.3 Å². The molecule has 0 saturated heterocycles. The Morgan fingerprint density at radius 1 is 1.15 bits per heavy atom. The Morgan fingerprint density at radius 2 is 1.93 bits per heavy atom. The van der Waals surface area contributed by atoms with Gasteiger partial charge >= 0.3 is 5.97 Å². The molecule has 240 valence electrons. The van der Waals surface area contributed by atoms with Crippen molar-refractivity contribution >= 4 is 60.2 Å². The first kappa shape index (κ1) is 32.5. The Hall–Kier alpha value is -3.39. The molecule has 6 rings (SSSR count). The summed E-state index contributed by atoms with van der Waals surface area (Å²) in [6.07, 6.45) is 20.9. The van der Waals surface area contributed by atoms with Crippen LogP contribution in [0.3, 0.4) is 0 Å². The summed E-state index contributed by atoms with van der Waals surface area (Å²) in [5, 5.41) is 13.3. The number of carboxylic acid groups (broad SMARTS) is 1. The Morgan fingerprint density at radius 3 is 2.57 bits per heavy atom. The standard InChI is InChI=1S/C33H32ClN3O6S3/c34-25-12-14-26(15-13-25)46(42,43)35-18-1-2-19-37(29-11-5-10-27(32(38)39)31(29)45(40)41)33(23-8-4-9-24(33)20-23)17-16-30-36-28(21-44-30)22-6-3-7-22/h4-5,8-17,20-22,29,35H,1-3,6-7,18-19H2,(H,38,39). The van der Waals surface area contributed by atoms with Gasteiger partial charge in [-0.05, 0) is 73.2 Å². The van der Waals surface area contributed by atoms with Crippen LogP contribution in [0.1, 0.15) is 48.7 Å². The lowest BCUT2D eigenvalue weighted by Gasteiger charge is -2.53. The number of carboxylic acids is 1. The summed E-state index contributed by atoms with van der Waals surface area (Å²) in [5.74, 6) is -0.830. The van der Waals surface area contributed by atoms with E-state index >= 15 is 0 Å². The molecule has 2 N–H and O–H groups in total. The van der Waals surface area contributed by atoms with E-state index in [0.717, 1.165) is 34.7 Å². The van der Waals surface area contributed by atoms with Gasteiger partial charge in [0.2, 0.25) is 20.3 Å². The van der Waals surface area contributed by atoms with Crippen molar-refractivity contribution in [1.82, 2.24) is 14.6 Å². The summed E-state index contributed by atoms with van der Waals surface area (Å²) in [6.45, 7) is 0.490. The molecule has 4 aliphatic rings. The molecule has 1 aromatic heterocycles. The monoisotopic (exact) mass is 697 g/mol. The molecule has 0 amide bonds. The quantitative estimate of drug-likeness (QED) is 0.213. The fourth-order valence-electron chi connectivity index (χ4n) is 6.20. The highest BCUT2D eigenvalue weighted by Gasteiger charge is 2.50. The molecular formula is C33H32ClN3O6S3. The van der Waals surface area contributed by atoms with Crippen molar-refractivity contribution < 1.29 is 26.7 Å². The number of sulfonamides is 1. The van der Waals surface area contributed by atoms with E-state index < -0.39 is 37.9 Å². The highest BCUT2D eigenvalue weighted by Crippen LogP contribution is 2.49. The number of halogens is 1. The van der Waals surface area contributed by atoms with Gasteiger partial charge in [0, 0.05) is 29.4 Å². The number of hydrogen-bond donors (Lipinski definition) is 2. The van der Waals surface area contributed by atoms with Gasteiger partial charge in [0.15, 0.2) is 0 Å². The maximum Gasteiger partial charge on any atom is 0.337 e. The highest BCUT2D eigenvalue weighted by atomic mass is 35.5. The Labute approximate surface area is 278 Å². The minimum atomic E-state index is -3.75. The lowest BCUT2D eigenvalue weighted by atomic mass is 9.66. The fourth-order valence-corrected chi connectivity index (χ4v) is 8.93. The number of allylic oxidation sites excluding steroid dienone is 4. The van der Waals surface area contributed by atoms with Crippen molar-refractivity contribution in [3.05, 3.63) is 111 Å². The summed E-state index contributed by atoms with van der Waals surface area (Å²) in [4.78, 5) is 18.9. The number of benzene rings is 1. The van der Waals surface area contributed by atoms with Crippen LogP contribution >= 0.6 is 22.9 Å². The Kier molecular flexibility index (Phi) is 9.47. The molecule has 4 aliphatic carbocycles. The third kappa shape index (κ3) is 6.29. The van der Waals surface area contributed by atoms with Gasteiger partial charge in [0.1, 0.15) is 9.87 Å². The molecule has 46 heavy (non-hydrogen) atoms. The average Bonchev–Trinajstić information content (AvgIpc) is 3.47. The van der Waals surface area contributed by atoms with Gasteiger partial charge in [-0.3, -0.25) is 4.90 Å². The molecule has 1 heterocycles. The molecular weight excluding hydrogens is 666 g/mol. The van der Waals surface area contributed by atoms with E-state index in [2.05, 4.69) is 10.1 Å². The predicted molar refractivity (Wildman–Crippen MR) is 181 cm³/mol. The molecule has 1 aromatic carbocycles. The Bertz CT molecular complexity index is 1960. The zero-order valence-electron chi connectivity index (χ0n) is 24.7. The molecule has 2 bridgehead atoms. The van der Waals surface area contributed by atoms with Gasteiger partial charge in [0.05, 0.1) is 27.7 Å². The number of unbranched alkanes of at least 4 members (excludes halogenated alkanes) is 1. The normalized spacial score (nSPS) is 22.3. The fraction of sp³-hybridized carbons (Fsp3) is 0.303. The van der Waals surface area contributed by atoms with Crippen LogP contribution in [-0.2, 0) is 25.1 Å². The first-order valence-corrected chi connectivity index (χ1v) is 18.8. The maximum atomic E-state index is 12.8. The molecule has 2 unspecified atom stereocenters. The number of fused-ring (bicyclic) bond motifs is 2. The second-order valence-corrected chi connectivity index (χ2v) is 15.5. The summed E-state index contributed by atoms with van der Waals surface area (Å²) in [6, 6.07) is 5.02. The predicted octanol–water partition coefficient (Wildman–Crippen LogP) is 5.31.